The molecule has 0 heterocycles. The molecule has 0 saturated carbocycles. The van der Waals surface area contributed by atoms with Gasteiger partial charge in [0.15, 0.2) is 0 Å². The average molecular weight is 301 g/mol. The van der Waals surface area contributed by atoms with Gasteiger partial charge in [0.05, 0.1) is 13.0 Å². The zero-order chi connectivity index (χ0) is 15.1. The second kappa shape index (κ2) is 7.74. The molecule has 0 saturated heterocycles. The van der Waals surface area contributed by atoms with Crippen LogP contribution in [0.5, 0.6) is 5.75 Å². The molecule has 0 bridgehead atoms. The van der Waals surface area contributed by atoms with E-state index < -0.39 is 0 Å². The minimum Gasteiger partial charge on any atom is -0.492 e. The van der Waals surface area contributed by atoms with E-state index in [2.05, 4.69) is 17.9 Å². The number of ether oxygens (including phenoxy) is 1. The van der Waals surface area contributed by atoms with Crippen molar-refractivity contribution in [2.45, 2.75) is 18.2 Å². The normalized spacial score (nSPS) is 10.2. The Morgan fingerprint density at radius 1 is 1.19 bits per heavy atom. The Kier molecular flexibility index (Phi) is 5.69. The Morgan fingerprint density at radius 2 is 1.95 bits per heavy atom. The lowest BCUT2D eigenvalue weighted by Gasteiger charge is -2.08. The van der Waals surface area contributed by atoms with Gasteiger partial charge >= 0.3 is 0 Å². The van der Waals surface area contributed by atoms with Crippen molar-refractivity contribution in [1.29, 1.82) is 0 Å². The van der Waals surface area contributed by atoms with E-state index >= 15 is 0 Å². The van der Waals surface area contributed by atoms with E-state index in [0.29, 0.717) is 19.6 Å². The number of amides is 1. The highest BCUT2D eigenvalue weighted by molar-refractivity contribution is 7.80. The molecule has 2 aromatic carbocycles. The molecule has 2 rings (SSSR count). The third-order valence-electron chi connectivity index (χ3n) is 2.98. The van der Waals surface area contributed by atoms with Gasteiger partial charge in [0.1, 0.15) is 12.4 Å². The lowest BCUT2D eigenvalue weighted by molar-refractivity contribution is -0.120. The Labute approximate surface area is 130 Å². The quantitative estimate of drug-likeness (QED) is 0.636. The number of benzene rings is 2. The Hall–Kier alpha value is -1.94. The van der Waals surface area contributed by atoms with Crippen LogP contribution in [-0.2, 0) is 11.2 Å². The highest BCUT2D eigenvalue weighted by Gasteiger charge is 2.02. The van der Waals surface area contributed by atoms with Crippen molar-refractivity contribution >= 4 is 18.5 Å². The molecule has 2 aromatic rings. The maximum absolute atomic E-state index is 11.8. The number of thiol groups is 1. The molecule has 1 N–H and O–H groups in total. The largest absolute Gasteiger partial charge is 0.492 e. The van der Waals surface area contributed by atoms with E-state index in [9.17, 15) is 4.79 Å². The number of carbonyl (C=O) groups is 1. The first kappa shape index (κ1) is 15.4. The van der Waals surface area contributed by atoms with Crippen molar-refractivity contribution in [2.24, 2.45) is 0 Å². The smallest absolute Gasteiger partial charge is 0.224 e. The summed E-state index contributed by atoms with van der Waals surface area (Å²) in [4.78, 5) is 12.7. The van der Waals surface area contributed by atoms with Crippen molar-refractivity contribution in [3.63, 3.8) is 0 Å². The third kappa shape index (κ3) is 5.52. The van der Waals surface area contributed by atoms with Gasteiger partial charge in [-0.1, -0.05) is 24.3 Å². The van der Waals surface area contributed by atoms with Gasteiger partial charge < -0.3 is 10.1 Å². The summed E-state index contributed by atoms with van der Waals surface area (Å²) in [6.07, 6.45) is 0.374. The summed E-state index contributed by atoms with van der Waals surface area (Å²) in [7, 11) is 0. The van der Waals surface area contributed by atoms with Crippen LogP contribution in [0.25, 0.3) is 0 Å². The third-order valence-corrected chi connectivity index (χ3v) is 3.28. The van der Waals surface area contributed by atoms with Gasteiger partial charge in [0.25, 0.3) is 0 Å². The first-order valence-corrected chi connectivity index (χ1v) is 7.32. The molecule has 0 radical (unpaired) electrons. The van der Waals surface area contributed by atoms with Crippen molar-refractivity contribution in [1.82, 2.24) is 5.32 Å². The fraction of sp³-hybridized carbons (Fsp3) is 0.235. The summed E-state index contributed by atoms with van der Waals surface area (Å²) in [5.74, 6) is 0.823. The van der Waals surface area contributed by atoms with Gasteiger partial charge in [-0.3, -0.25) is 4.79 Å². The van der Waals surface area contributed by atoms with Gasteiger partial charge in [-0.2, -0.15) is 0 Å². The maximum Gasteiger partial charge on any atom is 0.224 e. The Morgan fingerprint density at radius 3 is 2.67 bits per heavy atom. The summed E-state index contributed by atoms with van der Waals surface area (Å²) in [6.45, 7) is 2.98. The van der Waals surface area contributed by atoms with Crippen LogP contribution in [0.15, 0.2) is 53.4 Å². The molecule has 0 atom stereocenters. The van der Waals surface area contributed by atoms with E-state index in [1.54, 1.807) is 0 Å². The van der Waals surface area contributed by atoms with E-state index in [4.69, 9.17) is 4.74 Å². The predicted octanol–water partition coefficient (Wildman–Crippen LogP) is 3.02. The lowest BCUT2D eigenvalue weighted by atomic mass is 10.1. The summed E-state index contributed by atoms with van der Waals surface area (Å²) in [6, 6.07) is 15.4. The molecule has 1 amide bonds. The monoisotopic (exact) mass is 301 g/mol. The number of aryl methyl sites for hydroxylation is 1. The van der Waals surface area contributed by atoms with Gasteiger partial charge in [0, 0.05) is 4.90 Å². The van der Waals surface area contributed by atoms with Crippen LogP contribution in [0, 0.1) is 6.92 Å². The second-order valence-corrected chi connectivity index (χ2v) is 5.37. The van der Waals surface area contributed by atoms with Gasteiger partial charge in [0.2, 0.25) is 5.91 Å². The molecule has 0 fully saturated rings. The number of rotatable bonds is 6. The molecule has 0 aliphatic carbocycles. The molecule has 0 aliphatic heterocycles. The first-order chi connectivity index (χ1) is 10.1. The van der Waals surface area contributed by atoms with Crippen molar-refractivity contribution < 1.29 is 9.53 Å². The van der Waals surface area contributed by atoms with Gasteiger partial charge in [-0.15, -0.1) is 12.6 Å². The fourth-order valence-corrected chi connectivity index (χ4v) is 2.08. The standard InChI is InChI=1S/C17H19NO2S/c1-13-3-2-4-15(11-13)20-10-9-18-17(19)12-14-5-7-16(21)8-6-14/h2-8,11,21H,9-10,12H2,1H3,(H,18,19). The molecule has 3 nitrogen and oxygen atoms in total. The molecular weight excluding hydrogens is 282 g/mol. The second-order valence-electron chi connectivity index (χ2n) is 4.86. The number of carbonyl (C=O) groups excluding carboxylic acids is 1. The van der Waals surface area contributed by atoms with Crippen molar-refractivity contribution in [3.8, 4) is 5.75 Å². The highest BCUT2D eigenvalue weighted by Crippen LogP contribution is 2.11. The molecule has 4 heteroatoms. The summed E-state index contributed by atoms with van der Waals surface area (Å²) < 4.78 is 5.58. The van der Waals surface area contributed by atoms with Crippen LogP contribution in [0.3, 0.4) is 0 Å². The summed E-state index contributed by atoms with van der Waals surface area (Å²) in [5.41, 5.74) is 2.13. The minimum atomic E-state index is -0.00486. The topological polar surface area (TPSA) is 38.3 Å². The SMILES string of the molecule is Cc1cccc(OCCNC(=O)Cc2ccc(S)cc2)c1. The van der Waals surface area contributed by atoms with E-state index in [1.807, 2.05) is 55.5 Å². The molecule has 21 heavy (non-hydrogen) atoms. The van der Waals surface area contributed by atoms with Crippen LogP contribution in [0.4, 0.5) is 0 Å². The molecule has 0 aromatic heterocycles. The van der Waals surface area contributed by atoms with Gasteiger partial charge in [-0.25, -0.2) is 0 Å². The lowest BCUT2D eigenvalue weighted by Crippen LogP contribution is -2.29. The van der Waals surface area contributed by atoms with Crippen LogP contribution >= 0.6 is 12.6 Å². The summed E-state index contributed by atoms with van der Waals surface area (Å²) in [5, 5.41) is 2.85. The molecule has 110 valence electrons. The van der Waals surface area contributed by atoms with Gasteiger partial charge in [-0.05, 0) is 42.3 Å². The van der Waals surface area contributed by atoms with Crippen LogP contribution in [0.2, 0.25) is 0 Å². The number of hydrogen-bond acceptors (Lipinski definition) is 3. The van der Waals surface area contributed by atoms with Crippen LogP contribution < -0.4 is 10.1 Å². The fourth-order valence-electron chi connectivity index (χ4n) is 1.93. The first-order valence-electron chi connectivity index (χ1n) is 6.87. The van der Waals surface area contributed by atoms with E-state index in [1.165, 1.54) is 0 Å². The van der Waals surface area contributed by atoms with Crippen LogP contribution in [0.1, 0.15) is 11.1 Å². The highest BCUT2D eigenvalue weighted by atomic mass is 32.1. The Bertz CT molecular complexity index is 596. The van der Waals surface area contributed by atoms with E-state index in [0.717, 1.165) is 21.8 Å². The Balaban J connectivity index is 1.68. The van der Waals surface area contributed by atoms with Crippen LogP contribution in [-0.4, -0.2) is 19.1 Å². The zero-order valence-electron chi connectivity index (χ0n) is 12.0. The summed E-state index contributed by atoms with van der Waals surface area (Å²) >= 11 is 4.22. The molecule has 0 aliphatic rings. The van der Waals surface area contributed by atoms with Crippen molar-refractivity contribution in [3.05, 3.63) is 59.7 Å². The van der Waals surface area contributed by atoms with E-state index in [-0.39, 0.29) is 5.91 Å². The molecule has 0 spiro atoms. The average Bonchev–Trinajstić information content (AvgIpc) is 2.46. The molecular formula is C17H19NO2S. The number of hydrogen-bond donors (Lipinski definition) is 2. The zero-order valence-corrected chi connectivity index (χ0v) is 12.9. The molecule has 0 unspecified atom stereocenters. The maximum atomic E-state index is 11.8. The minimum absolute atomic E-state index is 0.00486. The predicted molar refractivity (Wildman–Crippen MR) is 87.1 cm³/mol. The number of nitrogens with one attached hydrogen (secondary N) is 1. The van der Waals surface area contributed by atoms with Crippen molar-refractivity contribution in [2.75, 3.05) is 13.2 Å².